The van der Waals surface area contributed by atoms with Gasteiger partial charge in [0.05, 0.1) is 11.4 Å². The molecule has 1 aliphatic heterocycles. The Bertz CT molecular complexity index is 1070. The number of carbonyl (C=O) groups is 3. The van der Waals surface area contributed by atoms with Crippen LogP contribution < -0.4 is 10.0 Å². The number of hydrogen-bond acceptors (Lipinski definition) is 4. The molecule has 3 N–H and O–H groups in total. The molecule has 0 radical (unpaired) electrons. The second kappa shape index (κ2) is 9.37. The fourth-order valence-corrected chi connectivity index (χ4v) is 5.09. The number of amides is 2. The molecule has 3 unspecified atom stereocenters. The van der Waals surface area contributed by atoms with Gasteiger partial charge in [-0.15, -0.1) is 0 Å². The van der Waals surface area contributed by atoms with E-state index < -0.39 is 35.0 Å². The van der Waals surface area contributed by atoms with Crippen molar-refractivity contribution in [3.05, 3.63) is 34.5 Å². The maximum absolute atomic E-state index is 13.0. The van der Waals surface area contributed by atoms with E-state index in [1.807, 2.05) is 19.1 Å². The van der Waals surface area contributed by atoms with Crippen LogP contribution in [0.25, 0.3) is 10.9 Å². The van der Waals surface area contributed by atoms with Gasteiger partial charge in [0.25, 0.3) is 5.91 Å². The van der Waals surface area contributed by atoms with Gasteiger partial charge in [0, 0.05) is 49.9 Å². The molecule has 0 bridgehead atoms. The number of benzene rings is 1. The average Bonchev–Trinajstić information content (AvgIpc) is 3.02. The maximum atomic E-state index is 13.0. The normalized spacial score (nSPS) is 20.4. The van der Waals surface area contributed by atoms with E-state index in [0.29, 0.717) is 23.7 Å². The highest BCUT2D eigenvalue weighted by Gasteiger charge is 2.35. The number of aliphatic carboxylic acids is 1. The molecular formula is C20H25ClN4O5S. The molecule has 0 saturated carbocycles. The molecule has 0 aliphatic carbocycles. The molecule has 31 heavy (non-hydrogen) atoms. The number of piperidine rings is 1. The zero-order valence-electron chi connectivity index (χ0n) is 17.5. The van der Waals surface area contributed by atoms with Crippen molar-refractivity contribution in [2.45, 2.75) is 32.7 Å². The summed E-state index contributed by atoms with van der Waals surface area (Å²) in [5.74, 6) is -2.24. The van der Waals surface area contributed by atoms with Crippen LogP contribution in [0.5, 0.6) is 0 Å². The van der Waals surface area contributed by atoms with Gasteiger partial charge in [-0.05, 0) is 31.0 Å². The van der Waals surface area contributed by atoms with E-state index in [2.05, 4.69) is 10.0 Å². The summed E-state index contributed by atoms with van der Waals surface area (Å²) in [4.78, 5) is 35.6. The van der Waals surface area contributed by atoms with Gasteiger partial charge in [-0.3, -0.25) is 19.1 Å². The highest BCUT2D eigenvalue weighted by atomic mass is 35.5. The topological polar surface area (TPSA) is 121 Å². The second-order valence-corrected chi connectivity index (χ2v) is 9.34. The van der Waals surface area contributed by atoms with Crippen molar-refractivity contribution in [1.82, 2.24) is 18.9 Å². The van der Waals surface area contributed by atoms with Crippen LogP contribution in [-0.4, -0.2) is 55.1 Å². The van der Waals surface area contributed by atoms with Crippen molar-refractivity contribution in [3.63, 3.8) is 0 Å². The van der Waals surface area contributed by atoms with Gasteiger partial charge in [0.1, 0.15) is 5.69 Å². The SMILES string of the molecule is CC(=O)NS(=O)N1CCC(NC(=O)c2cc3c(Cl)c(C)ccc3n2C)C(CC(=O)O)C1. The Labute approximate surface area is 187 Å². The summed E-state index contributed by atoms with van der Waals surface area (Å²) in [7, 11) is 1.77. The number of carboxylic acids is 1. The van der Waals surface area contributed by atoms with Crippen LogP contribution in [0.1, 0.15) is 35.8 Å². The number of aryl methyl sites for hydroxylation is 2. The average molecular weight is 469 g/mol. The van der Waals surface area contributed by atoms with Crippen molar-refractivity contribution in [2.75, 3.05) is 13.1 Å². The van der Waals surface area contributed by atoms with Gasteiger partial charge >= 0.3 is 5.97 Å². The largest absolute Gasteiger partial charge is 0.481 e. The number of carbonyl (C=O) groups excluding carboxylic acids is 2. The molecule has 2 amide bonds. The van der Waals surface area contributed by atoms with Crippen LogP contribution in [-0.2, 0) is 27.8 Å². The first kappa shape index (κ1) is 23.2. The lowest BCUT2D eigenvalue weighted by Gasteiger charge is -2.37. The molecule has 11 heteroatoms. The molecule has 168 valence electrons. The quantitative estimate of drug-likeness (QED) is 0.596. The summed E-state index contributed by atoms with van der Waals surface area (Å²) in [6.45, 7) is 3.67. The van der Waals surface area contributed by atoms with Crippen LogP contribution >= 0.6 is 11.6 Å². The lowest BCUT2D eigenvalue weighted by Crippen LogP contribution is -2.53. The van der Waals surface area contributed by atoms with Gasteiger partial charge < -0.3 is 15.0 Å². The van der Waals surface area contributed by atoms with Crippen LogP contribution in [0.15, 0.2) is 18.2 Å². The van der Waals surface area contributed by atoms with E-state index >= 15 is 0 Å². The van der Waals surface area contributed by atoms with E-state index in [1.165, 1.54) is 11.2 Å². The van der Waals surface area contributed by atoms with Crippen molar-refractivity contribution < 1.29 is 23.7 Å². The summed E-state index contributed by atoms with van der Waals surface area (Å²) < 4.78 is 17.8. The molecule has 9 nitrogen and oxygen atoms in total. The highest BCUT2D eigenvalue weighted by molar-refractivity contribution is 7.81. The summed E-state index contributed by atoms with van der Waals surface area (Å²) in [5.41, 5.74) is 2.15. The van der Waals surface area contributed by atoms with Gasteiger partial charge in [-0.2, -0.15) is 0 Å². The Hall–Kier alpha value is -2.43. The van der Waals surface area contributed by atoms with Crippen LogP contribution in [0.4, 0.5) is 0 Å². The number of fused-ring (bicyclic) bond motifs is 1. The number of nitrogens with zero attached hydrogens (tertiary/aromatic N) is 2. The Morgan fingerprint density at radius 1 is 1.32 bits per heavy atom. The molecule has 2 heterocycles. The maximum Gasteiger partial charge on any atom is 0.303 e. The molecule has 1 fully saturated rings. The summed E-state index contributed by atoms with van der Waals surface area (Å²) in [6.07, 6.45) is 0.206. The van der Waals surface area contributed by atoms with Crippen LogP contribution in [0.3, 0.4) is 0 Å². The zero-order chi connectivity index (χ0) is 22.9. The molecule has 1 saturated heterocycles. The molecule has 2 aromatic rings. The fraction of sp³-hybridized carbons (Fsp3) is 0.450. The Balaban J connectivity index is 1.79. The summed E-state index contributed by atoms with van der Waals surface area (Å²) in [5, 5.41) is 13.6. The molecule has 1 aromatic heterocycles. The van der Waals surface area contributed by atoms with E-state index in [-0.39, 0.29) is 18.9 Å². The van der Waals surface area contributed by atoms with Gasteiger partial charge in [0.2, 0.25) is 5.91 Å². The molecule has 0 spiro atoms. The Morgan fingerprint density at radius 2 is 2.03 bits per heavy atom. The number of aromatic nitrogens is 1. The third kappa shape index (κ3) is 5.08. The first-order valence-electron chi connectivity index (χ1n) is 9.79. The Morgan fingerprint density at radius 3 is 2.68 bits per heavy atom. The lowest BCUT2D eigenvalue weighted by atomic mass is 9.90. The smallest absolute Gasteiger partial charge is 0.303 e. The number of rotatable bonds is 6. The van der Waals surface area contributed by atoms with E-state index in [0.717, 1.165) is 16.5 Å². The monoisotopic (exact) mass is 468 g/mol. The highest BCUT2D eigenvalue weighted by Crippen LogP contribution is 2.30. The van der Waals surface area contributed by atoms with Crippen LogP contribution in [0, 0.1) is 12.8 Å². The predicted octanol–water partition coefficient (Wildman–Crippen LogP) is 1.75. The minimum atomic E-state index is -1.75. The first-order valence-corrected chi connectivity index (χ1v) is 11.3. The first-order chi connectivity index (χ1) is 14.6. The lowest BCUT2D eigenvalue weighted by molar-refractivity contribution is -0.138. The number of hydrogen-bond donors (Lipinski definition) is 3. The third-order valence-electron chi connectivity index (χ3n) is 5.50. The number of halogens is 1. The second-order valence-electron chi connectivity index (χ2n) is 7.74. The molecule has 3 rings (SSSR count). The Kier molecular flexibility index (Phi) is 7.03. The van der Waals surface area contributed by atoms with Gasteiger partial charge in [-0.1, -0.05) is 17.7 Å². The molecule has 1 aliphatic rings. The van der Waals surface area contributed by atoms with Crippen molar-refractivity contribution >= 4 is 51.5 Å². The van der Waals surface area contributed by atoms with Crippen molar-refractivity contribution in [3.8, 4) is 0 Å². The minimum Gasteiger partial charge on any atom is -0.481 e. The summed E-state index contributed by atoms with van der Waals surface area (Å²) in [6, 6.07) is 5.10. The third-order valence-corrected chi connectivity index (χ3v) is 7.27. The zero-order valence-corrected chi connectivity index (χ0v) is 19.0. The molecule has 1 aromatic carbocycles. The fourth-order valence-electron chi connectivity index (χ4n) is 3.90. The summed E-state index contributed by atoms with van der Waals surface area (Å²) >= 11 is 4.65. The number of nitrogens with one attached hydrogen (secondary N) is 2. The van der Waals surface area contributed by atoms with Gasteiger partial charge in [0.15, 0.2) is 11.2 Å². The standard InChI is InChI=1S/C20H25ClN4O5S/c1-11-4-5-16-14(19(11)21)9-17(24(16)3)20(29)22-15-6-7-25(31(30)23-12(2)26)10-13(15)8-18(27)28/h4-5,9,13,15H,6-8,10H2,1-3H3,(H,22,29)(H,23,26)(H,27,28). The van der Waals surface area contributed by atoms with Gasteiger partial charge in [-0.25, -0.2) is 8.51 Å². The minimum absolute atomic E-state index is 0.171. The van der Waals surface area contributed by atoms with E-state index in [4.69, 9.17) is 11.6 Å². The molecular weight excluding hydrogens is 444 g/mol. The van der Waals surface area contributed by atoms with Crippen molar-refractivity contribution in [2.24, 2.45) is 13.0 Å². The number of carboxylic acid groups (broad SMARTS) is 1. The van der Waals surface area contributed by atoms with E-state index in [9.17, 15) is 23.7 Å². The predicted molar refractivity (Wildman–Crippen MR) is 118 cm³/mol. The van der Waals surface area contributed by atoms with E-state index in [1.54, 1.807) is 17.7 Å². The van der Waals surface area contributed by atoms with Crippen LogP contribution in [0.2, 0.25) is 5.02 Å². The van der Waals surface area contributed by atoms with Crippen molar-refractivity contribution in [1.29, 1.82) is 0 Å². The molecule has 3 atom stereocenters.